The van der Waals surface area contributed by atoms with E-state index in [-0.39, 0.29) is 23.1 Å². The van der Waals surface area contributed by atoms with Gasteiger partial charge >= 0.3 is 0 Å². The number of Topliss-reactive ketones (excluding diaryl/α,β-unsaturated/α-hetero) is 2. The van der Waals surface area contributed by atoms with E-state index in [0.29, 0.717) is 25.9 Å². The minimum atomic E-state index is -0.593. The summed E-state index contributed by atoms with van der Waals surface area (Å²) in [5.41, 5.74) is -0.184. The van der Waals surface area contributed by atoms with E-state index >= 15 is 0 Å². The van der Waals surface area contributed by atoms with Crippen LogP contribution in [-0.4, -0.2) is 30.1 Å². The molecule has 102 valence electrons. The summed E-state index contributed by atoms with van der Waals surface area (Å²) >= 11 is 0. The second-order valence-corrected chi connectivity index (χ2v) is 6.69. The lowest BCUT2D eigenvalue weighted by molar-refractivity contribution is -0.149. The first-order chi connectivity index (χ1) is 8.19. The van der Waals surface area contributed by atoms with Gasteiger partial charge < -0.3 is 9.47 Å². The summed E-state index contributed by atoms with van der Waals surface area (Å²) in [5.74, 6) is -0.959. The first kappa shape index (κ1) is 13.7. The molecule has 1 saturated carbocycles. The summed E-state index contributed by atoms with van der Waals surface area (Å²) in [7, 11) is 0. The van der Waals surface area contributed by atoms with Crippen molar-refractivity contribution < 1.29 is 19.1 Å². The van der Waals surface area contributed by atoms with Gasteiger partial charge in [0.1, 0.15) is 11.6 Å². The fraction of sp³-hybridized carbons (Fsp3) is 0.857. The molecule has 4 heteroatoms. The Morgan fingerprint density at radius 2 is 1.67 bits per heavy atom. The van der Waals surface area contributed by atoms with Crippen LogP contribution in [0.2, 0.25) is 0 Å². The van der Waals surface area contributed by atoms with E-state index in [9.17, 15) is 9.59 Å². The van der Waals surface area contributed by atoms with Gasteiger partial charge in [-0.15, -0.1) is 0 Å². The Hall–Kier alpha value is -0.740. The molecule has 0 aromatic rings. The van der Waals surface area contributed by atoms with Gasteiger partial charge in [0.05, 0.1) is 18.6 Å². The zero-order valence-corrected chi connectivity index (χ0v) is 11.6. The molecule has 2 aliphatic rings. The Labute approximate surface area is 108 Å². The monoisotopic (exact) mass is 254 g/mol. The number of carbonyl (C=O) groups excluding carboxylic acids is 2. The summed E-state index contributed by atoms with van der Waals surface area (Å²) in [6, 6.07) is 0. The smallest absolute Gasteiger partial charge is 0.163 e. The average molecular weight is 254 g/mol. The van der Waals surface area contributed by atoms with Gasteiger partial charge in [-0.05, 0) is 25.7 Å². The van der Waals surface area contributed by atoms with Crippen molar-refractivity contribution in [2.24, 2.45) is 11.3 Å². The first-order valence-corrected chi connectivity index (χ1v) is 6.56. The molecule has 0 N–H and O–H groups in total. The van der Waals surface area contributed by atoms with Crippen LogP contribution in [0.15, 0.2) is 0 Å². The second-order valence-electron chi connectivity index (χ2n) is 6.69. The highest BCUT2D eigenvalue weighted by molar-refractivity contribution is 6.05. The van der Waals surface area contributed by atoms with Crippen molar-refractivity contribution in [3.05, 3.63) is 0 Å². The van der Waals surface area contributed by atoms with Crippen LogP contribution in [0.25, 0.3) is 0 Å². The summed E-state index contributed by atoms with van der Waals surface area (Å²) in [5, 5.41) is 0. The molecule has 2 rings (SSSR count). The molecule has 2 fully saturated rings. The van der Waals surface area contributed by atoms with Crippen LogP contribution in [0, 0.1) is 11.3 Å². The predicted octanol–water partition coefficient (Wildman–Crippen LogP) is 2.10. The van der Waals surface area contributed by atoms with E-state index in [0.717, 1.165) is 0 Å². The van der Waals surface area contributed by atoms with Gasteiger partial charge in [-0.1, -0.05) is 13.8 Å². The fourth-order valence-corrected chi connectivity index (χ4v) is 2.84. The average Bonchev–Trinajstić information content (AvgIpc) is 2.50. The molecule has 0 spiro atoms. The van der Waals surface area contributed by atoms with Crippen LogP contribution < -0.4 is 0 Å². The van der Waals surface area contributed by atoms with Crippen LogP contribution in [0.4, 0.5) is 0 Å². The van der Waals surface area contributed by atoms with Crippen molar-refractivity contribution in [2.75, 3.05) is 6.61 Å². The maximum atomic E-state index is 12.1. The van der Waals surface area contributed by atoms with Gasteiger partial charge in [0.25, 0.3) is 0 Å². The molecule has 0 radical (unpaired) electrons. The molecule has 4 nitrogen and oxygen atoms in total. The van der Waals surface area contributed by atoms with Gasteiger partial charge in [0, 0.05) is 12.8 Å². The summed E-state index contributed by atoms with van der Waals surface area (Å²) < 4.78 is 11.1. The number of hydrogen-bond donors (Lipinski definition) is 0. The highest BCUT2D eigenvalue weighted by Gasteiger charge is 2.42. The van der Waals surface area contributed by atoms with Crippen LogP contribution in [0.3, 0.4) is 0 Å². The Balaban J connectivity index is 1.98. The van der Waals surface area contributed by atoms with Crippen molar-refractivity contribution in [1.82, 2.24) is 0 Å². The molecule has 0 unspecified atom stereocenters. The molecule has 1 aliphatic heterocycles. The Kier molecular flexibility index (Phi) is 3.36. The van der Waals surface area contributed by atoms with Gasteiger partial charge in [-0.3, -0.25) is 9.59 Å². The second kappa shape index (κ2) is 4.42. The molecule has 0 aromatic heterocycles. The highest BCUT2D eigenvalue weighted by Crippen LogP contribution is 2.37. The van der Waals surface area contributed by atoms with E-state index in [2.05, 4.69) is 0 Å². The van der Waals surface area contributed by atoms with Crippen molar-refractivity contribution in [1.29, 1.82) is 0 Å². The lowest BCUT2D eigenvalue weighted by Gasteiger charge is -2.32. The third-order valence-corrected chi connectivity index (χ3v) is 3.65. The SMILES string of the molecule is CC1(C)CC(=O)C(C[C@H]2COC(C)(C)O2)C(=O)C1. The third kappa shape index (κ3) is 2.98. The Morgan fingerprint density at radius 3 is 2.11 bits per heavy atom. The summed E-state index contributed by atoms with van der Waals surface area (Å²) in [6.07, 6.45) is 1.30. The molecule has 18 heavy (non-hydrogen) atoms. The van der Waals surface area contributed by atoms with Crippen LogP contribution in [-0.2, 0) is 19.1 Å². The third-order valence-electron chi connectivity index (χ3n) is 3.65. The largest absolute Gasteiger partial charge is 0.348 e. The maximum absolute atomic E-state index is 12.1. The highest BCUT2D eigenvalue weighted by atomic mass is 16.7. The van der Waals surface area contributed by atoms with Crippen molar-refractivity contribution in [3.63, 3.8) is 0 Å². The lowest BCUT2D eigenvalue weighted by Crippen LogP contribution is -2.39. The molecule has 1 heterocycles. The van der Waals surface area contributed by atoms with E-state index in [1.54, 1.807) is 0 Å². The normalized spacial score (nSPS) is 31.9. The van der Waals surface area contributed by atoms with E-state index in [1.165, 1.54) is 0 Å². The van der Waals surface area contributed by atoms with Crippen LogP contribution >= 0.6 is 0 Å². The molecular formula is C14H22O4. The molecule has 0 bridgehead atoms. The number of rotatable bonds is 2. The van der Waals surface area contributed by atoms with Crippen LogP contribution in [0.1, 0.15) is 47.0 Å². The number of ketones is 2. The predicted molar refractivity (Wildman–Crippen MR) is 66.0 cm³/mol. The van der Waals surface area contributed by atoms with Gasteiger partial charge in [0.15, 0.2) is 5.79 Å². The molecule has 1 saturated heterocycles. The molecule has 0 amide bonds. The zero-order valence-electron chi connectivity index (χ0n) is 11.6. The molecular weight excluding hydrogens is 232 g/mol. The molecule has 1 aliphatic carbocycles. The van der Waals surface area contributed by atoms with Crippen molar-refractivity contribution >= 4 is 11.6 Å². The molecule has 1 atom stereocenters. The van der Waals surface area contributed by atoms with E-state index < -0.39 is 11.7 Å². The summed E-state index contributed by atoms with van der Waals surface area (Å²) in [4.78, 5) is 24.1. The zero-order chi connectivity index (χ0) is 13.6. The van der Waals surface area contributed by atoms with Gasteiger partial charge in [0.2, 0.25) is 0 Å². The van der Waals surface area contributed by atoms with Crippen molar-refractivity contribution in [3.8, 4) is 0 Å². The topological polar surface area (TPSA) is 52.6 Å². The maximum Gasteiger partial charge on any atom is 0.163 e. The fourth-order valence-electron chi connectivity index (χ4n) is 2.84. The quantitative estimate of drug-likeness (QED) is 0.708. The van der Waals surface area contributed by atoms with Crippen LogP contribution in [0.5, 0.6) is 0 Å². The lowest BCUT2D eigenvalue weighted by atomic mass is 9.70. The molecule has 0 aromatic carbocycles. The van der Waals surface area contributed by atoms with Gasteiger partial charge in [-0.2, -0.15) is 0 Å². The van der Waals surface area contributed by atoms with Gasteiger partial charge in [-0.25, -0.2) is 0 Å². The number of ether oxygens (including phenoxy) is 2. The minimum Gasteiger partial charge on any atom is -0.348 e. The Bertz CT molecular complexity index is 350. The number of carbonyl (C=O) groups is 2. The Morgan fingerprint density at radius 1 is 1.11 bits per heavy atom. The van der Waals surface area contributed by atoms with Crippen molar-refractivity contribution in [2.45, 2.75) is 58.8 Å². The van der Waals surface area contributed by atoms with E-state index in [4.69, 9.17) is 9.47 Å². The van der Waals surface area contributed by atoms with E-state index in [1.807, 2.05) is 27.7 Å². The summed E-state index contributed by atoms with van der Waals surface area (Å²) in [6.45, 7) is 8.10. The standard InChI is InChI=1S/C14H22O4/c1-13(2)6-11(15)10(12(16)7-13)5-9-8-17-14(3,4)18-9/h9-10H,5-8H2,1-4H3/t9-/m0/s1. The first-order valence-electron chi connectivity index (χ1n) is 6.56. The number of hydrogen-bond acceptors (Lipinski definition) is 4. The minimum absolute atomic E-state index is 0.0598.